The van der Waals surface area contributed by atoms with Gasteiger partial charge in [-0.3, -0.25) is 0 Å². The number of rotatable bonds is 3. The summed E-state index contributed by atoms with van der Waals surface area (Å²) in [5.74, 6) is -1.94. The van der Waals surface area contributed by atoms with E-state index in [2.05, 4.69) is 12.2 Å². The zero-order valence-corrected chi connectivity index (χ0v) is 8.38. The van der Waals surface area contributed by atoms with Crippen LogP contribution in [-0.2, 0) is 0 Å². The second-order valence-corrected chi connectivity index (χ2v) is 4.19. The minimum Gasteiger partial charge on any atom is -0.478 e. The van der Waals surface area contributed by atoms with Gasteiger partial charge in [-0.05, 0) is 38.0 Å². The minimum absolute atomic E-state index is 0.0666. The summed E-state index contributed by atoms with van der Waals surface area (Å²) in [6.07, 6.45) is 2.13. The van der Waals surface area contributed by atoms with Crippen LogP contribution >= 0.6 is 0 Å². The Bertz CT molecular complexity index is 413. The summed E-state index contributed by atoms with van der Waals surface area (Å²) in [5.41, 5.74) is 0.413. The fourth-order valence-corrected chi connectivity index (χ4v) is 1.43. The molecule has 0 saturated heterocycles. The van der Waals surface area contributed by atoms with Gasteiger partial charge in [0.25, 0.3) is 0 Å². The van der Waals surface area contributed by atoms with Crippen LogP contribution in [0.3, 0.4) is 0 Å². The van der Waals surface area contributed by atoms with E-state index in [4.69, 9.17) is 5.11 Å². The smallest absolute Gasteiger partial charge is 0.338 e. The average molecular weight is 209 g/mol. The van der Waals surface area contributed by atoms with Gasteiger partial charge >= 0.3 is 5.97 Å². The molecular weight excluding hydrogens is 197 g/mol. The average Bonchev–Trinajstić information content (AvgIpc) is 2.82. The summed E-state index contributed by atoms with van der Waals surface area (Å²) in [6.45, 7) is 2.05. The lowest BCUT2D eigenvalue weighted by atomic mass is 10.2. The van der Waals surface area contributed by atoms with Gasteiger partial charge in [0.15, 0.2) is 0 Å². The Morgan fingerprint density at radius 3 is 2.67 bits per heavy atom. The third kappa shape index (κ3) is 2.09. The summed E-state index contributed by atoms with van der Waals surface area (Å²) >= 11 is 0. The van der Waals surface area contributed by atoms with Gasteiger partial charge in [0, 0.05) is 11.2 Å². The van der Waals surface area contributed by atoms with E-state index in [-0.39, 0.29) is 11.1 Å². The van der Waals surface area contributed by atoms with Crippen molar-refractivity contribution in [2.75, 3.05) is 5.32 Å². The third-order valence-corrected chi connectivity index (χ3v) is 2.65. The Hall–Kier alpha value is -1.58. The van der Waals surface area contributed by atoms with E-state index in [1.807, 2.05) is 0 Å². The Morgan fingerprint density at radius 2 is 2.20 bits per heavy atom. The summed E-state index contributed by atoms with van der Waals surface area (Å²) in [7, 11) is 0. The van der Waals surface area contributed by atoms with Gasteiger partial charge in [0.1, 0.15) is 5.82 Å². The van der Waals surface area contributed by atoms with Gasteiger partial charge < -0.3 is 10.4 Å². The van der Waals surface area contributed by atoms with Crippen molar-refractivity contribution in [2.24, 2.45) is 0 Å². The molecule has 1 fully saturated rings. The third-order valence-electron chi connectivity index (χ3n) is 2.65. The number of carboxylic acid groups (broad SMARTS) is 1. The van der Waals surface area contributed by atoms with E-state index in [0.717, 1.165) is 12.8 Å². The van der Waals surface area contributed by atoms with Crippen LogP contribution < -0.4 is 5.32 Å². The van der Waals surface area contributed by atoms with Crippen LogP contribution in [0.15, 0.2) is 18.2 Å². The van der Waals surface area contributed by atoms with Crippen molar-refractivity contribution in [2.45, 2.75) is 25.3 Å². The van der Waals surface area contributed by atoms with E-state index in [0.29, 0.717) is 5.69 Å². The fourth-order valence-electron chi connectivity index (χ4n) is 1.43. The molecule has 4 heteroatoms. The highest BCUT2D eigenvalue weighted by Gasteiger charge is 2.37. The van der Waals surface area contributed by atoms with Crippen molar-refractivity contribution in [3.05, 3.63) is 29.6 Å². The molecule has 1 aliphatic carbocycles. The second-order valence-electron chi connectivity index (χ2n) is 4.19. The lowest BCUT2D eigenvalue weighted by Crippen LogP contribution is -2.16. The maximum Gasteiger partial charge on any atom is 0.338 e. The van der Waals surface area contributed by atoms with Gasteiger partial charge in [-0.1, -0.05) is 0 Å². The van der Waals surface area contributed by atoms with Crippen molar-refractivity contribution < 1.29 is 14.3 Å². The number of hydrogen-bond donors (Lipinski definition) is 2. The number of nitrogens with one attached hydrogen (secondary N) is 1. The highest BCUT2D eigenvalue weighted by molar-refractivity contribution is 5.88. The molecule has 80 valence electrons. The number of carbonyl (C=O) groups is 1. The van der Waals surface area contributed by atoms with Crippen molar-refractivity contribution in [3.8, 4) is 0 Å². The molecule has 2 rings (SSSR count). The lowest BCUT2D eigenvalue weighted by Gasteiger charge is -2.13. The van der Waals surface area contributed by atoms with E-state index in [1.54, 1.807) is 6.07 Å². The second kappa shape index (κ2) is 3.22. The molecule has 0 radical (unpaired) electrons. The molecule has 0 atom stereocenters. The van der Waals surface area contributed by atoms with Crippen LogP contribution in [-0.4, -0.2) is 16.6 Å². The number of aromatic carboxylic acids is 1. The summed E-state index contributed by atoms with van der Waals surface area (Å²) in [5, 5.41) is 11.8. The van der Waals surface area contributed by atoms with E-state index in [9.17, 15) is 9.18 Å². The topological polar surface area (TPSA) is 49.3 Å². The van der Waals surface area contributed by atoms with Crippen LogP contribution in [0.1, 0.15) is 30.1 Å². The first-order valence-corrected chi connectivity index (χ1v) is 4.81. The number of carboxylic acids is 1. The van der Waals surface area contributed by atoms with Gasteiger partial charge in [-0.15, -0.1) is 0 Å². The van der Waals surface area contributed by atoms with Crippen molar-refractivity contribution in [3.63, 3.8) is 0 Å². The maximum atomic E-state index is 13.3. The molecular formula is C11H12FNO2. The highest BCUT2D eigenvalue weighted by Crippen LogP contribution is 2.38. The summed E-state index contributed by atoms with van der Waals surface area (Å²) in [4.78, 5) is 10.6. The molecule has 0 bridgehead atoms. The molecule has 1 aromatic carbocycles. The number of halogens is 1. The molecule has 1 aromatic rings. The maximum absolute atomic E-state index is 13.3. The Balaban J connectivity index is 2.21. The Labute approximate surface area is 86.9 Å². The van der Waals surface area contributed by atoms with Gasteiger partial charge in [0.2, 0.25) is 0 Å². The highest BCUT2D eigenvalue weighted by atomic mass is 19.1. The standard InChI is InChI=1S/C11H12FNO2/c1-11(4-5-11)13-7-2-3-8(10(14)15)9(12)6-7/h2-3,6,13H,4-5H2,1H3,(H,14,15). The molecule has 0 spiro atoms. The van der Waals surface area contributed by atoms with Gasteiger partial charge in [-0.2, -0.15) is 0 Å². The van der Waals surface area contributed by atoms with Crippen LogP contribution in [0, 0.1) is 5.82 Å². The number of benzene rings is 1. The largest absolute Gasteiger partial charge is 0.478 e. The minimum atomic E-state index is -1.24. The molecule has 0 amide bonds. The molecule has 1 saturated carbocycles. The van der Waals surface area contributed by atoms with E-state index in [1.165, 1.54) is 12.1 Å². The van der Waals surface area contributed by atoms with Crippen LogP contribution in [0.2, 0.25) is 0 Å². The molecule has 0 heterocycles. The lowest BCUT2D eigenvalue weighted by molar-refractivity contribution is 0.0692. The molecule has 0 aromatic heterocycles. The molecule has 15 heavy (non-hydrogen) atoms. The quantitative estimate of drug-likeness (QED) is 0.804. The zero-order valence-electron chi connectivity index (χ0n) is 8.38. The Morgan fingerprint density at radius 1 is 1.53 bits per heavy atom. The van der Waals surface area contributed by atoms with Gasteiger partial charge in [-0.25, -0.2) is 9.18 Å². The fraction of sp³-hybridized carbons (Fsp3) is 0.364. The first kappa shape index (κ1) is 9.96. The SMILES string of the molecule is CC1(Nc2ccc(C(=O)O)c(F)c2)CC1. The summed E-state index contributed by atoms with van der Waals surface area (Å²) in [6, 6.07) is 4.11. The first-order valence-electron chi connectivity index (χ1n) is 4.81. The molecule has 2 N–H and O–H groups in total. The summed E-state index contributed by atoms with van der Waals surface area (Å²) < 4.78 is 13.3. The number of anilines is 1. The molecule has 0 unspecified atom stereocenters. The predicted octanol–water partition coefficient (Wildman–Crippen LogP) is 2.49. The van der Waals surface area contributed by atoms with Crippen LogP contribution in [0.5, 0.6) is 0 Å². The zero-order chi connectivity index (χ0) is 11.1. The predicted molar refractivity (Wildman–Crippen MR) is 54.6 cm³/mol. The normalized spacial score (nSPS) is 17.2. The van der Waals surface area contributed by atoms with Crippen molar-refractivity contribution in [1.82, 2.24) is 0 Å². The van der Waals surface area contributed by atoms with Crippen molar-refractivity contribution in [1.29, 1.82) is 0 Å². The van der Waals surface area contributed by atoms with Crippen molar-refractivity contribution >= 4 is 11.7 Å². The van der Waals surface area contributed by atoms with Crippen LogP contribution in [0.25, 0.3) is 0 Å². The first-order chi connectivity index (χ1) is 7.00. The molecule has 0 aliphatic heterocycles. The Kier molecular flexibility index (Phi) is 2.14. The van der Waals surface area contributed by atoms with Crippen LogP contribution in [0.4, 0.5) is 10.1 Å². The number of hydrogen-bond acceptors (Lipinski definition) is 2. The monoisotopic (exact) mass is 209 g/mol. The van der Waals surface area contributed by atoms with E-state index < -0.39 is 11.8 Å². The molecule has 3 nitrogen and oxygen atoms in total. The van der Waals surface area contributed by atoms with E-state index >= 15 is 0 Å². The van der Waals surface area contributed by atoms with Gasteiger partial charge in [0.05, 0.1) is 5.56 Å². The molecule has 1 aliphatic rings.